The standard InChI is InChI=1S/C22H34N2O4/c1-3-4-5-13-22(2,28)14-6-15-23-16-12-20(25)24(23)17-11-18-7-9-19(10-8-18)21(26)27/h7-10,28H,3-6,11-17H2,1-2H3,(H,26,27)/t22-/m0/s1. The van der Waals surface area contributed by atoms with E-state index in [1.165, 1.54) is 0 Å². The second-order valence-corrected chi connectivity index (χ2v) is 8.03. The number of carbonyl (C=O) groups is 2. The van der Waals surface area contributed by atoms with E-state index in [9.17, 15) is 14.7 Å². The van der Waals surface area contributed by atoms with Gasteiger partial charge >= 0.3 is 5.97 Å². The van der Waals surface area contributed by atoms with Crippen molar-refractivity contribution in [2.45, 2.75) is 70.8 Å². The van der Waals surface area contributed by atoms with E-state index in [0.29, 0.717) is 19.4 Å². The molecule has 6 nitrogen and oxygen atoms in total. The molecule has 0 spiro atoms. The summed E-state index contributed by atoms with van der Waals surface area (Å²) in [4.78, 5) is 23.2. The van der Waals surface area contributed by atoms with Crippen molar-refractivity contribution in [3.63, 3.8) is 0 Å². The van der Waals surface area contributed by atoms with Crippen LogP contribution in [0.1, 0.15) is 74.7 Å². The molecule has 0 unspecified atom stereocenters. The van der Waals surface area contributed by atoms with Crippen LogP contribution in [-0.2, 0) is 11.2 Å². The first-order valence-corrected chi connectivity index (χ1v) is 10.4. The molecule has 1 aliphatic heterocycles. The van der Waals surface area contributed by atoms with Crippen LogP contribution in [0.4, 0.5) is 0 Å². The molecule has 1 aromatic carbocycles. The van der Waals surface area contributed by atoms with Crippen molar-refractivity contribution in [1.82, 2.24) is 10.0 Å². The van der Waals surface area contributed by atoms with Crippen molar-refractivity contribution >= 4 is 11.9 Å². The third-order valence-corrected chi connectivity index (χ3v) is 5.48. The molecule has 6 heteroatoms. The summed E-state index contributed by atoms with van der Waals surface area (Å²) in [6.45, 7) is 6.17. The van der Waals surface area contributed by atoms with Gasteiger partial charge in [-0.25, -0.2) is 9.80 Å². The number of carboxylic acids is 1. The molecule has 1 amide bonds. The molecule has 2 N–H and O–H groups in total. The number of carboxylic acid groups (broad SMARTS) is 1. The predicted octanol–water partition coefficient (Wildman–Crippen LogP) is 3.49. The normalized spacial score (nSPS) is 17.1. The molecule has 1 atom stereocenters. The van der Waals surface area contributed by atoms with E-state index in [-0.39, 0.29) is 11.5 Å². The number of aliphatic hydroxyl groups is 1. The second kappa shape index (κ2) is 10.6. The Morgan fingerprint density at radius 3 is 2.43 bits per heavy atom. The third-order valence-electron chi connectivity index (χ3n) is 5.48. The summed E-state index contributed by atoms with van der Waals surface area (Å²) in [5.41, 5.74) is 0.660. The third kappa shape index (κ3) is 6.91. The van der Waals surface area contributed by atoms with Crippen molar-refractivity contribution in [3.05, 3.63) is 35.4 Å². The summed E-state index contributed by atoms with van der Waals surface area (Å²) in [6.07, 6.45) is 7.01. The maximum Gasteiger partial charge on any atom is 0.335 e. The van der Waals surface area contributed by atoms with Gasteiger partial charge in [-0.2, -0.15) is 0 Å². The molecule has 2 rings (SSSR count). The Hall–Kier alpha value is -1.92. The summed E-state index contributed by atoms with van der Waals surface area (Å²) < 4.78 is 0. The number of nitrogens with zero attached hydrogens (tertiary/aromatic N) is 2. The van der Waals surface area contributed by atoms with Gasteiger partial charge in [0.2, 0.25) is 5.91 Å². The number of aromatic carboxylic acids is 1. The van der Waals surface area contributed by atoms with Gasteiger partial charge in [0.05, 0.1) is 11.2 Å². The Bertz CT molecular complexity index is 642. The predicted molar refractivity (Wildman–Crippen MR) is 109 cm³/mol. The van der Waals surface area contributed by atoms with E-state index in [0.717, 1.165) is 57.2 Å². The van der Waals surface area contributed by atoms with Crippen molar-refractivity contribution in [2.75, 3.05) is 19.6 Å². The summed E-state index contributed by atoms with van der Waals surface area (Å²) in [5.74, 6) is -0.796. The maximum atomic E-state index is 12.2. The molecule has 1 aromatic rings. The zero-order chi connectivity index (χ0) is 20.6. The summed E-state index contributed by atoms with van der Waals surface area (Å²) in [5, 5.41) is 23.4. The van der Waals surface area contributed by atoms with Crippen molar-refractivity contribution in [1.29, 1.82) is 0 Å². The van der Waals surface area contributed by atoms with E-state index < -0.39 is 11.6 Å². The monoisotopic (exact) mass is 390 g/mol. The Labute approximate surface area is 168 Å². The topological polar surface area (TPSA) is 81.1 Å². The van der Waals surface area contributed by atoms with E-state index >= 15 is 0 Å². The number of unbranched alkanes of at least 4 members (excludes halogenated alkanes) is 2. The van der Waals surface area contributed by atoms with Gasteiger partial charge in [0.15, 0.2) is 0 Å². The van der Waals surface area contributed by atoms with Crippen LogP contribution >= 0.6 is 0 Å². The van der Waals surface area contributed by atoms with Crippen molar-refractivity contribution in [2.24, 2.45) is 0 Å². The lowest BCUT2D eigenvalue weighted by Gasteiger charge is -2.30. The quantitative estimate of drug-likeness (QED) is 0.534. The highest BCUT2D eigenvalue weighted by Gasteiger charge is 2.29. The number of amides is 1. The zero-order valence-electron chi connectivity index (χ0n) is 17.2. The molecular formula is C22H34N2O4. The van der Waals surface area contributed by atoms with Crippen LogP contribution in [-0.4, -0.2) is 57.3 Å². The second-order valence-electron chi connectivity index (χ2n) is 8.03. The first-order chi connectivity index (χ1) is 13.3. The van der Waals surface area contributed by atoms with Crippen LogP contribution in [0.2, 0.25) is 0 Å². The fraction of sp³-hybridized carbons (Fsp3) is 0.636. The molecule has 1 saturated heterocycles. The van der Waals surface area contributed by atoms with E-state index in [1.54, 1.807) is 12.1 Å². The molecule has 0 radical (unpaired) electrons. The van der Waals surface area contributed by atoms with Crippen LogP contribution in [0.25, 0.3) is 0 Å². The molecule has 156 valence electrons. The fourth-order valence-corrected chi connectivity index (χ4v) is 3.70. The van der Waals surface area contributed by atoms with Crippen LogP contribution < -0.4 is 0 Å². The highest BCUT2D eigenvalue weighted by Crippen LogP contribution is 2.22. The van der Waals surface area contributed by atoms with Gasteiger partial charge in [-0.3, -0.25) is 9.80 Å². The average molecular weight is 391 g/mol. The molecule has 0 bridgehead atoms. The Kier molecular flexibility index (Phi) is 8.45. The van der Waals surface area contributed by atoms with Crippen molar-refractivity contribution in [3.8, 4) is 0 Å². The summed E-state index contributed by atoms with van der Waals surface area (Å²) in [6, 6.07) is 6.81. The van der Waals surface area contributed by atoms with Gasteiger partial charge in [-0.1, -0.05) is 38.3 Å². The summed E-state index contributed by atoms with van der Waals surface area (Å²) in [7, 11) is 0. The number of rotatable bonds is 12. The van der Waals surface area contributed by atoms with Crippen molar-refractivity contribution < 1.29 is 19.8 Å². The molecule has 0 aromatic heterocycles. The van der Waals surface area contributed by atoms with E-state index in [1.807, 2.05) is 24.1 Å². The molecule has 0 aliphatic carbocycles. The number of benzene rings is 1. The zero-order valence-corrected chi connectivity index (χ0v) is 17.2. The molecule has 1 fully saturated rings. The number of hydrazine groups is 1. The Balaban J connectivity index is 1.79. The first-order valence-electron chi connectivity index (χ1n) is 10.4. The number of hydrogen-bond donors (Lipinski definition) is 2. The lowest BCUT2D eigenvalue weighted by atomic mass is 9.93. The highest BCUT2D eigenvalue weighted by molar-refractivity contribution is 5.87. The van der Waals surface area contributed by atoms with Crippen LogP contribution in [0.3, 0.4) is 0 Å². The van der Waals surface area contributed by atoms with Gasteiger partial charge in [0.25, 0.3) is 0 Å². The van der Waals surface area contributed by atoms with Crippen LogP contribution in [0, 0.1) is 0 Å². The van der Waals surface area contributed by atoms with Gasteiger partial charge < -0.3 is 10.2 Å². The minimum Gasteiger partial charge on any atom is -0.478 e. The molecule has 1 aliphatic rings. The number of hydrogen-bond acceptors (Lipinski definition) is 4. The van der Waals surface area contributed by atoms with E-state index in [4.69, 9.17) is 5.11 Å². The highest BCUT2D eigenvalue weighted by atomic mass is 16.4. The molecular weight excluding hydrogens is 356 g/mol. The molecule has 0 saturated carbocycles. The molecule has 28 heavy (non-hydrogen) atoms. The Morgan fingerprint density at radius 2 is 1.79 bits per heavy atom. The SMILES string of the molecule is CCCCC[C@](C)(O)CCCN1CCC(=O)N1CCc1ccc(C(=O)O)cc1. The minimum atomic E-state index is -0.932. The molecule has 1 heterocycles. The lowest BCUT2D eigenvalue weighted by molar-refractivity contribution is -0.138. The average Bonchev–Trinajstić information content (AvgIpc) is 3.00. The van der Waals surface area contributed by atoms with Gasteiger partial charge in [0, 0.05) is 26.1 Å². The fourth-order valence-electron chi connectivity index (χ4n) is 3.70. The Morgan fingerprint density at radius 1 is 1.11 bits per heavy atom. The number of carbonyl (C=O) groups excluding carboxylic acids is 1. The van der Waals surface area contributed by atoms with Gasteiger partial charge in [-0.05, 0) is 50.3 Å². The van der Waals surface area contributed by atoms with Gasteiger partial charge in [-0.15, -0.1) is 0 Å². The minimum absolute atomic E-state index is 0.136. The lowest BCUT2D eigenvalue weighted by Crippen LogP contribution is -2.41. The largest absolute Gasteiger partial charge is 0.478 e. The van der Waals surface area contributed by atoms with Crippen LogP contribution in [0.15, 0.2) is 24.3 Å². The van der Waals surface area contributed by atoms with Crippen LogP contribution in [0.5, 0.6) is 0 Å². The van der Waals surface area contributed by atoms with Gasteiger partial charge in [0.1, 0.15) is 0 Å². The maximum absolute atomic E-state index is 12.2. The first kappa shape index (κ1) is 22.4. The summed E-state index contributed by atoms with van der Waals surface area (Å²) >= 11 is 0. The van der Waals surface area contributed by atoms with E-state index in [2.05, 4.69) is 11.9 Å². The smallest absolute Gasteiger partial charge is 0.335 e.